The fourth-order valence-electron chi connectivity index (χ4n) is 2.76. The molecule has 0 saturated carbocycles. The minimum Gasteiger partial charge on any atom is -0.494 e. The molecule has 0 heterocycles. The Morgan fingerprint density at radius 1 is 0.935 bits per heavy atom. The van der Waals surface area contributed by atoms with Crippen LogP contribution in [0.1, 0.15) is 35.3 Å². The number of ether oxygens (including phenoxy) is 2. The Morgan fingerprint density at radius 2 is 1.58 bits per heavy atom. The van der Waals surface area contributed by atoms with Gasteiger partial charge in [-0.3, -0.25) is 4.79 Å². The molecule has 3 rings (SSSR count). The molecule has 3 aromatic rings. The summed E-state index contributed by atoms with van der Waals surface area (Å²) >= 11 is 12.1. The van der Waals surface area contributed by atoms with Crippen molar-refractivity contribution in [2.24, 2.45) is 5.10 Å². The van der Waals surface area contributed by atoms with E-state index in [0.717, 1.165) is 17.1 Å². The predicted molar refractivity (Wildman–Crippen MR) is 125 cm³/mol. The van der Waals surface area contributed by atoms with Crippen LogP contribution in [0.25, 0.3) is 0 Å². The van der Waals surface area contributed by atoms with E-state index in [1.807, 2.05) is 43.3 Å². The maximum atomic E-state index is 12.4. The highest BCUT2D eigenvalue weighted by molar-refractivity contribution is 6.37. The molecule has 5 nitrogen and oxygen atoms in total. The van der Waals surface area contributed by atoms with Gasteiger partial charge in [0.05, 0.1) is 17.3 Å². The third-order valence-electron chi connectivity index (χ3n) is 4.40. The van der Waals surface area contributed by atoms with Gasteiger partial charge in [-0.2, -0.15) is 5.10 Å². The van der Waals surface area contributed by atoms with E-state index in [2.05, 4.69) is 10.5 Å². The molecule has 0 bridgehead atoms. The summed E-state index contributed by atoms with van der Waals surface area (Å²) < 4.78 is 11.2. The molecule has 7 heteroatoms. The Kier molecular flexibility index (Phi) is 7.93. The van der Waals surface area contributed by atoms with Crippen LogP contribution in [0.4, 0.5) is 0 Å². The molecule has 0 saturated heterocycles. The first-order valence-corrected chi connectivity index (χ1v) is 10.5. The predicted octanol–water partition coefficient (Wildman–Crippen LogP) is 6.13. The average molecular weight is 457 g/mol. The zero-order valence-corrected chi connectivity index (χ0v) is 18.7. The van der Waals surface area contributed by atoms with E-state index < -0.39 is 0 Å². The number of rotatable bonds is 8. The minimum atomic E-state index is -0.316. The summed E-state index contributed by atoms with van der Waals surface area (Å²) in [5.41, 5.74) is 5.26. The Labute approximate surface area is 191 Å². The van der Waals surface area contributed by atoms with Crippen molar-refractivity contribution in [2.45, 2.75) is 20.5 Å². The van der Waals surface area contributed by atoms with Crippen molar-refractivity contribution < 1.29 is 14.3 Å². The number of nitrogens with one attached hydrogen (secondary N) is 1. The second kappa shape index (κ2) is 10.8. The molecule has 0 aliphatic carbocycles. The second-order valence-corrected chi connectivity index (χ2v) is 7.50. The highest BCUT2D eigenvalue weighted by atomic mass is 35.5. The van der Waals surface area contributed by atoms with E-state index in [0.29, 0.717) is 40.1 Å². The summed E-state index contributed by atoms with van der Waals surface area (Å²) in [6.45, 7) is 4.72. The lowest BCUT2D eigenvalue weighted by Gasteiger charge is -2.09. The molecular formula is C24H22Cl2N2O3. The summed E-state index contributed by atoms with van der Waals surface area (Å²) in [5, 5.41) is 5.15. The van der Waals surface area contributed by atoms with E-state index in [4.69, 9.17) is 32.7 Å². The summed E-state index contributed by atoms with van der Waals surface area (Å²) in [6, 6.07) is 19.7. The van der Waals surface area contributed by atoms with Crippen LogP contribution in [0.2, 0.25) is 10.0 Å². The molecule has 0 aromatic heterocycles. The Hall–Kier alpha value is -3.02. The van der Waals surface area contributed by atoms with Gasteiger partial charge in [0.1, 0.15) is 18.1 Å². The van der Waals surface area contributed by atoms with Crippen molar-refractivity contribution in [1.29, 1.82) is 0 Å². The zero-order chi connectivity index (χ0) is 22.2. The van der Waals surface area contributed by atoms with Crippen LogP contribution in [-0.2, 0) is 6.61 Å². The van der Waals surface area contributed by atoms with E-state index in [1.54, 1.807) is 37.3 Å². The number of nitrogens with zero attached hydrogens (tertiary/aromatic N) is 1. The Morgan fingerprint density at radius 3 is 2.19 bits per heavy atom. The van der Waals surface area contributed by atoms with Gasteiger partial charge < -0.3 is 9.47 Å². The summed E-state index contributed by atoms with van der Waals surface area (Å²) in [7, 11) is 0. The van der Waals surface area contributed by atoms with Crippen LogP contribution in [0.15, 0.2) is 71.8 Å². The molecule has 0 atom stereocenters. The largest absolute Gasteiger partial charge is 0.494 e. The van der Waals surface area contributed by atoms with E-state index in [1.165, 1.54) is 0 Å². The SMILES string of the molecule is CCOc1ccc(OCc2ccc(C(=O)NN=C(C)c3ccc(Cl)cc3Cl)cc2)cc1. The van der Waals surface area contributed by atoms with E-state index in [-0.39, 0.29) is 5.91 Å². The monoisotopic (exact) mass is 456 g/mol. The van der Waals surface area contributed by atoms with E-state index >= 15 is 0 Å². The minimum absolute atomic E-state index is 0.316. The number of hydrazone groups is 1. The van der Waals surface area contributed by atoms with Gasteiger partial charge in [-0.25, -0.2) is 5.43 Å². The number of benzene rings is 3. The highest BCUT2D eigenvalue weighted by Crippen LogP contribution is 2.22. The first-order valence-electron chi connectivity index (χ1n) is 9.71. The molecule has 0 radical (unpaired) electrons. The molecule has 0 spiro atoms. The number of hydrogen-bond donors (Lipinski definition) is 1. The smallest absolute Gasteiger partial charge is 0.271 e. The molecule has 31 heavy (non-hydrogen) atoms. The lowest BCUT2D eigenvalue weighted by atomic mass is 10.1. The van der Waals surface area contributed by atoms with Crippen molar-refractivity contribution in [2.75, 3.05) is 6.61 Å². The first kappa shape index (κ1) is 22.7. The van der Waals surface area contributed by atoms with E-state index in [9.17, 15) is 4.79 Å². The van der Waals surface area contributed by atoms with Gasteiger partial charge in [-0.05, 0) is 67.9 Å². The lowest BCUT2D eigenvalue weighted by Crippen LogP contribution is -2.19. The topological polar surface area (TPSA) is 59.9 Å². The zero-order valence-electron chi connectivity index (χ0n) is 17.2. The molecule has 3 aromatic carbocycles. The summed E-state index contributed by atoms with van der Waals surface area (Å²) in [6.07, 6.45) is 0. The fourth-order valence-corrected chi connectivity index (χ4v) is 3.31. The number of hydrogen-bond acceptors (Lipinski definition) is 4. The van der Waals surface area contributed by atoms with Crippen molar-refractivity contribution in [3.63, 3.8) is 0 Å². The van der Waals surface area contributed by atoms with Crippen LogP contribution < -0.4 is 14.9 Å². The van der Waals surface area contributed by atoms with Gasteiger partial charge in [-0.1, -0.05) is 41.4 Å². The van der Waals surface area contributed by atoms with Gasteiger partial charge in [0, 0.05) is 16.1 Å². The molecule has 0 aliphatic heterocycles. The maximum Gasteiger partial charge on any atom is 0.271 e. The van der Waals surface area contributed by atoms with Crippen molar-refractivity contribution >= 4 is 34.8 Å². The molecule has 0 aliphatic rings. The van der Waals surface area contributed by atoms with Crippen LogP contribution in [0, 0.1) is 0 Å². The highest BCUT2D eigenvalue weighted by Gasteiger charge is 2.08. The molecule has 1 amide bonds. The van der Waals surface area contributed by atoms with Gasteiger partial charge in [-0.15, -0.1) is 0 Å². The van der Waals surface area contributed by atoms with Crippen LogP contribution in [0.3, 0.4) is 0 Å². The van der Waals surface area contributed by atoms with Crippen molar-refractivity contribution in [1.82, 2.24) is 5.43 Å². The third kappa shape index (κ3) is 6.48. The fraction of sp³-hybridized carbons (Fsp3) is 0.167. The van der Waals surface area contributed by atoms with Crippen LogP contribution in [0.5, 0.6) is 11.5 Å². The maximum absolute atomic E-state index is 12.4. The van der Waals surface area contributed by atoms with Gasteiger partial charge >= 0.3 is 0 Å². The first-order chi connectivity index (χ1) is 15.0. The Bertz CT molecular complexity index is 1070. The standard InChI is InChI=1S/C24H22Cl2N2O3/c1-3-30-20-9-11-21(12-10-20)31-15-17-4-6-18(7-5-17)24(29)28-27-16(2)22-13-8-19(25)14-23(22)26/h4-14H,3,15H2,1-2H3,(H,28,29). The summed E-state index contributed by atoms with van der Waals surface area (Å²) in [4.78, 5) is 12.4. The number of halogens is 2. The number of carbonyl (C=O) groups excluding carboxylic acids is 1. The number of amides is 1. The molecular weight excluding hydrogens is 435 g/mol. The molecule has 0 fully saturated rings. The third-order valence-corrected chi connectivity index (χ3v) is 4.95. The van der Waals surface area contributed by atoms with Crippen molar-refractivity contribution in [3.05, 3.63) is 93.5 Å². The molecule has 1 N–H and O–H groups in total. The average Bonchev–Trinajstić information content (AvgIpc) is 2.77. The molecule has 0 unspecified atom stereocenters. The molecule has 160 valence electrons. The second-order valence-electron chi connectivity index (χ2n) is 6.65. The van der Waals surface area contributed by atoms with Crippen LogP contribution in [-0.4, -0.2) is 18.2 Å². The number of carbonyl (C=O) groups is 1. The van der Waals surface area contributed by atoms with Crippen LogP contribution >= 0.6 is 23.2 Å². The quantitative estimate of drug-likeness (QED) is 0.327. The Balaban J connectivity index is 1.55. The van der Waals surface area contributed by atoms with Crippen molar-refractivity contribution in [3.8, 4) is 11.5 Å². The van der Waals surface area contributed by atoms with Gasteiger partial charge in [0.15, 0.2) is 0 Å². The lowest BCUT2D eigenvalue weighted by molar-refractivity contribution is 0.0955. The van der Waals surface area contributed by atoms with Gasteiger partial charge in [0.2, 0.25) is 0 Å². The van der Waals surface area contributed by atoms with Gasteiger partial charge in [0.25, 0.3) is 5.91 Å². The normalized spacial score (nSPS) is 11.2. The summed E-state index contributed by atoms with van der Waals surface area (Å²) in [5.74, 6) is 1.24.